The van der Waals surface area contributed by atoms with E-state index in [0.717, 1.165) is 12.8 Å². The van der Waals surface area contributed by atoms with E-state index in [-0.39, 0.29) is 22.1 Å². The van der Waals surface area contributed by atoms with Gasteiger partial charge in [0.25, 0.3) is 10.0 Å². The molecule has 0 saturated heterocycles. The SMILES string of the molecule is COC(=O)c1ccc(C2CC2)c(S(=O)(=O)Nc2cc(C#N)ccc2-n2cccc2)c1. The summed E-state index contributed by atoms with van der Waals surface area (Å²) >= 11 is 0. The van der Waals surface area contributed by atoms with E-state index in [1.54, 1.807) is 41.2 Å². The first kappa shape index (κ1) is 19.7. The number of ether oxygens (including phenoxy) is 1. The number of esters is 1. The van der Waals surface area contributed by atoms with E-state index in [9.17, 15) is 18.5 Å². The minimum atomic E-state index is -4.03. The molecule has 0 aliphatic heterocycles. The van der Waals surface area contributed by atoms with Crippen LogP contribution in [0.25, 0.3) is 5.69 Å². The molecule has 1 aliphatic carbocycles. The molecule has 0 atom stereocenters. The first-order valence-electron chi connectivity index (χ1n) is 9.35. The van der Waals surface area contributed by atoms with Crippen LogP contribution in [0.3, 0.4) is 0 Å². The van der Waals surface area contributed by atoms with Crippen LogP contribution in [0.5, 0.6) is 0 Å². The summed E-state index contributed by atoms with van der Waals surface area (Å²) in [5, 5.41) is 9.26. The second-order valence-corrected chi connectivity index (χ2v) is 8.71. The summed E-state index contributed by atoms with van der Waals surface area (Å²) in [5.74, 6) is -0.453. The van der Waals surface area contributed by atoms with Gasteiger partial charge in [-0.05, 0) is 66.8 Å². The predicted molar refractivity (Wildman–Crippen MR) is 111 cm³/mol. The van der Waals surface area contributed by atoms with Crippen molar-refractivity contribution in [3.8, 4) is 11.8 Å². The summed E-state index contributed by atoms with van der Waals surface area (Å²) in [5.41, 5.74) is 2.03. The topological polar surface area (TPSA) is 101 Å². The van der Waals surface area contributed by atoms with E-state index >= 15 is 0 Å². The molecule has 30 heavy (non-hydrogen) atoms. The third kappa shape index (κ3) is 3.80. The van der Waals surface area contributed by atoms with Crippen LogP contribution >= 0.6 is 0 Å². The Hall–Kier alpha value is -3.57. The Morgan fingerprint density at radius 2 is 1.90 bits per heavy atom. The van der Waals surface area contributed by atoms with Crippen molar-refractivity contribution in [2.75, 3.05) is 11.8 Å². The molecule has 1 fully saturated rings. The highest BCUT2D eigenvalue weighted by Crippen LogP contribution is 2.43. The van der Waals surface area contributed by atoms with Gasteiger partial charge in [-0.15, -0.1) is 0 Å². The van der Waals surface area contributed by atoms with Gasteiger partial charge in [-0.3, -0.25) is 4.72 Å². The summed E-state index contributed by atoms with van der Waals surface area (Å²) in [6.07, 6.45) is 5.37. The number of rotatable bonds is 6. The highest BCUT2D eigenvalue weighted by molar-refractivity contribution is 7.92. The first-order valence-corrected chi connectivity index (χ1v) is 10.8. The van der Waals surface area contributed by atoms with E-state index in [1.165, 1.54) is 19.2 Å². The van der Waals surface area contributed by atoms with Crippen molar-refractivity contribution in [2.24, 2.45) is 0 Å². The van der Waals surface area contributed by atoms with Crippen molar-refractivity contribution < 1.29 is 17.9 Å². The lowest BCUT2D eigenvalue weighted by Gasteiger charge is -2.16. The van der Waals surface area contributed by atoms with Gasteiger partial charge in [-0.25, -0.2) is 13.2 Å². The Labute approximate surface area is 174 Å². The lowest BCUT2D eigenvalue weighted by Crippen LogP contribution is -2.17. The Morgan fingerprint density at radius 1 is 1.17 bits per heavy atom. The van der Waals surface area contributed by atoms with Crippen LogP contribution in [-0.4, -0.2) is 26.1 Å². The van der Waals surface area contributed by atoms with Gasteiger partial charge in [-0.2, -0.15) is 5.26 Å². The summed E-state index contributed by atoms with van der Waals surface area (Å²) in [7, 11) is -2.78. The molecule has 1 N–H and O–H groups in total. The molecule has 1 saturated carbocycles. The monoisotopic (exact) mass is 421 g/mol. The van der Waals surface area contributed by atoms with Crippen molar-refractivity contribution in [3.63, 3.8) is 0 Å². The average molecular weight is 421 g/mol. The summed E-state index contributed by atoms with van der Waals surface area (Å²) in [4.78, 5) is 12.0. The number of methoxy groups -OCH3 is 1. The zero-order valence-corrected chi connectivity index (χ0v) is 17.0. The first-order chi connectivity index (χ1) is 14.4. The third-order valence-corrected chi connectivity index (χ3v) is 6.42. The van der Waals surface area contributed by atoms with E-state index in [2.05, 4.69) is 4.72 Å². The quantitative estimate of drug-likeness (QED) is 0.610. The van der Waals surface area contributed by atoms with Gasteiger partial charge in [0.1, 0.15) is 0 Å². The lowest BCUT2D eigenvalue weighted by atomic mass is 10.1. The molecule has 0 bridgehead atoms. The molecule has 7 nitrogen and oxygen atoms in total. The molecule has 2 aromatic carbocycles. The summed E-state index contributed by atoms with van der Waals surface area (Å²) < 4.78 is 35.9. The number of benzene rings is 2. The molecule has 1 heterocycles. The molecule has 0 radical (unpaired) electrons. The van der Waals surface area contributed by atoms with Gasteiger partial charge in [-0.1, -0.05) is 6.07 Å². The molecule has 0 unspecified atom stereocenters. The van der Waals surface area contributed by atoms with Gasteiger partial charge < -0.3 is 9.30 Å². The smallest absolute Gasteiger partial charge is 0.337 e. The molecule has 1 aliphatic rings. The number of hydrogen-bond acceptors (Lipinski definition) is 5. The van der Waals surface area contributed by atoms with Crippen molar-refractivity contribution in [2.45, 2.75) is 23.7 Å². The number of nitrogens with one attached hydrogen (secondary N) is 1. The number of nitrogens with zero attached hydrogens (tertiary/aromatic N) is 2. The van der Waals surface area contributed by atoms with Crippen molar-refractivity contribution in [1.29, 1.82) is 5.26 Å². The number of carbonyl (C=O) groups excluding carboxylic acids is 1. The standard InChI is InChI=1S/C22H19N3O4S/c1-29-22(26)17-7-8-18(16-5-6-16)21(13-17)30(27,28)24-19-12-15(14-23)4-9-20(19)25-10-2-3-11-25/h2-4,7-13,16,24H,5-6H2,1H3. The fraction of sp³-hybridized carbons (Fsp3) is 0.182. The van der Waals surface area contributed by atoms with Crippen molar-refractivity contribution >= 4 is 21.7 Å². The maximum atomic E-state index is 13.4. The van der Waals surface area contributed by atoms with Crippen LogP contribution in [0.1, 0.15) is 40.2 Å². The van der Waals surface area contributed by atoms with Gasteiger partial charge in [0.15, 0.2) is 0 Å². The summed E-state index contributed by atoms with van der Waals surface area (Å²) in [6, 6.07) is 15.1. The fourth-order valence-corrected chi connectivity index (χ4v) is 4.74. The second-order valence-electron chi connectivity index (χ2n) is 7.06. The highest BCUT2D eigenvalue weighted by atomic mass is 32.2. The molecule has 8 heteroatoms. The number of nitriles is 1. The molecule has 152 valence electrons. The molecular formula is C22H19N3O4S. The van der Waals surface area contributed by atoms with Crippen LogP contribution in [-0.2, 0) is 14.8 Å². The zero-order valence-electron chi connectivity index (χ0n) is 16.2. The van der Waals surface area contributed by atoms with Crippen LogP contribution in [0.15, 0.2) is 65.8 Å². The predicted octanol–water partition coefficient (Wildman–Crippen LogP) is 3.81. The van der Waals surface area contributed by atoms with E-state index in [1.807, 2.05) is 18.2 Å². The van der Waals surface area contributed by atoms with Crippen LogP contribution < -0.4 is 4.72 Å². The van der Waals surface area contributed by atoms with E-state index in [0.29, 0.717) is 16.8 Å². The number of sulfonamides is 1. The zero-order chi connectivity index (χ0) is 21.3. The largest absolute Gasteiger partial charge is 0.465 e. The Balaban J connectivity index is 1.81. The van der Waals surface area contributed by atoms with Crippen molar-refractivity contribution in [3.05, 3.63) is 77.6 Å². The molecule has 4 rings (SSSR count). The molecule has 0 amide bonds. The number of aromatic nitrogens is 1. The van der Waals surface area contributed by atoms with Crippen LogP contribution in [0.2, 0.25) is 0 Å². The van der Waals surface area contributed by atoms with E-state index in [4.69, 9.17) is 4.74 Å². The maximum Gasteiger partial charge on any atom is 0.337 e. The number of carbonyl (C=O) groups is 1. The molecule has 1 aromatic heterocycles. The highest BCUT2D eigenvalue weighted by Gasteiger charge is 2.31. The Kier molecular flexibility index (Phi) is 5.06. The van der Waals surface area contributed by atoms with Gasteiger partial charge in [0, 0.05) is 12.4 Å². The minimum Gasteiger partial charge on any atom is -0.465 e. The third-order valence-electron chi connectivity index (χ3n) is 4.99. The number of anilines is 1. The van der Waals surface area contributed by atoms with Crippen LogP contribution in [0, 0.1) is 11.3 Å². The normalized spacial score (nSPS) is 13.5. The number of hydrogen-bond donors (Lipinski definition) is 1. The lowest BCUT2D eigenvalue weighted by molar-refractivity contribution is 0.0600. The average Bonchev–Trinajstić information content (AvgIpc) is 3.46. The summed E-state index contributed by atoms with van der Waals surface area (Å²) in [6.45, 7) is 0. The second kappa shape index (κ2) is 7.69. The molecule has 3 aromatic rings. The van der Waals surface area contributed by atoms with Crippen LogP contribution in [0.4, 0.5) is 5.69 Å². The molecule has 0 spiro atoms. The van der Waals surface area contributed by atoms with Crippen molar-refractivity contribution in [1.82, 2.24) is 4.57 Å². The fourth-order valence-electron chi connectivity index (χ4n) is 3.35. The Morgan fingerprint density at radius 3 is 2.53 bits per heavy atom. The van der Waals surface area contributed by atoms with E-state index < -0.39 is 16.0 Å². The Bertz CT molecular complexity index is 1250. The van der Waals surface area contributed by atoms with Gasteiger partial charge >= 0.3 is 5.97 Å². The van der Waals surface area contributed by atoms with Gasteiger partial charge in [0.05, 0.1) is 40.6 Å². The van der Waals surface area contributed by atoms with Gasteiger partial charge in [0.2, 0.25) is 0 Å². The molecular weight excluding hydrogens is 402 g/mol. The maximum absolute atomic E-state index is 13.4. The minimum absolute atomic E-state index is 0.0497.